The number of benzene rings is 1. The van der Waals surface area contributed by atoms with Crippen molar-refractivity contribution in [3.63, 3.8) is 0 Å². The number of nitro groups is 1. The number of carbonyl (C=O) groups is 1. The van der Waals surface area contributed by atoms with Gasteiger partial charge in [0.15, 0.2) is 0 Å². The van der Waals surface area contributed by atoms with Gasteiger partial charge in [0.2, 0.25) is 5.91 Å². The lowest BCUT2D eigenvalue weighted by Gasteiger charge is -2.29. The molecule has 2 rings (SSSR count). The van der Waals surface area contributed by atoms with Crippen LogP contribution in [0.5, 0.6) is 0 Å². The number of β-amino-alcohol motifs (C(OH)–C–C–N with tert-alkyl or cyclic N) is 1. The molecule has 1 heterocycles. The number of aliphatic hydroxyl groups excluding tert-OH is 1. The van der Waals surface area contributed by atoms with E-state index in [1.165, 1.54) is 18.2 Å². The molecule has 1 aliphatic rings. The predicted octanol–water partition coefficient (Wildman–Crippen LogP) is 1.64. The number of piperidine rings is 1. The van der Waals surface area contributed by atoms with Gasteiger partial charge in [0.1, 0.15) is 5.02 Å². The number of anilines is 1. The third-order valence-electron chi connectivity index (χ3n) is 3.27. The standard InChI is InChI=1S/C13H16ClN3O4/c14-11-4-3-9(6-12(11)17(20)21)15-13(19)8-16-5-1-2-10(18)7-16/h3-4,6,10,18H,1-2,5,7-8H2,(H,15,19). The zero-order valence-electron chi connectivity index (χ0n) is 11.3. The number of amides is 1. The van der Waals surface area contributed by atoms with Crippen molar-refractivity contribution in [3.8, 4) is 0 Å². The molecule has 0 aliphatic carbocycles. The highest BCUT2D eigenvalue weighted by atomic mass is 35.5. The molecule has 7 nitrogen and oxygen atoms in total. The molecule has 0 bridgehead atoms. The van der Waals surface area contributed by atoms with E-state index in [0.29, 0.717) is 12.2 Å². The van der Waals surface area contributed by atoms with Gasteiger partial charge >= 0.3 is 0 Å². The largest absolute Gasteiger partial charge is 0.392 e. The van der Waals surface area contributed by atoms with Gasteiger partial charge in [0, 0.05) is 18.3 Å². The minimum absolute atomic E-state index is 0.0251. The Balaban J connectivity index is 1.96. The van der Waals surface area contributed by atoms with Crippen LogP contribution in [0.1, 0.15) is 12.8 Å². The molecule has 2 N–H and O–H groups in total. The summed E-state index contributed by atoms with van der Waals surface area (Å²) in [6.07, 6.45) is 1.20. The Hall–Kier alpha value is -1.70. The minimum atomic E-state index is -0.598. The summed E-state index contributed by atoms with van der Waals surface area (Å²) in [5, 5.41) is 23.0. The summed E-state index contributed by atoms with van der Waals surface area (Å²) in [4.78, 5) is 24.0. The molecule has 0 spiro atoms. The highest BCUT2D eigenvalue weighted by Gasteiger charge is 2.20. The van der Waals surface area contributed by atoms with Crippen molar-refractivity contribution in [2.24, 2.45) is 0 Å². The first-order valence-corrected chi connectivity index (χ1v) is 6.97. The molecule has 1 aliphatic heterocycles. The molecule has 0 radical (unpaired) electrons. The third-order valence-corrected chi connectivity index (χ3v) is 3.59. The van der Waals surface area contributed by atoms with E-state index in [2.05, 4.69) is 5.32 Å². The molecule has 1 amide bonds. The van der Waals surface area contributed by atoms with Crippen molar-refractivity contribution in [2.45, 2.75) is 18.9 Å². The van der Waals surface area contributed by atoms with Crippen molar-refractivity contribution < 1.29 is 14.8 Å². The van der Waals surface area contributed by atoms with Crippen LogP contribution < -0.4 is 5.32 Å². The van der Waals surface area contributed by atoms with Crippen LogP contribution in [-0.2, 0) is 4.79 Å². The number of hydrogen-bond donors (Lipinski definition) is 2. The molecular formula is C13H16ClN3O4. The molecule has 114 valence electrons. The summed E-state index contributed by atoms with van der Waals surface area (Å²) in [6, 6.07) is 4.11. The van der Waals surface area contributed by atoms with E-state index >= 15 is 0 Å². The number of aliphatic hydroxyl groups is 1. The van der Waals surface area contributed by atoms with E-state index in [1.54, 1.807) is 0 Å². The molecule has 1 atom stereocenters. The van der Waals surface area contributed by atoms with Crippen molar-refractivity contribution >= 4 is 28.9 Å². The molecule has 1 aromatic carbocycles. The van der Waals surface area contributed by atoms with Crippen LogP contribution in [0, 0.1) is 10.1 Å². The second-order valence-electron chi connectivity index (χ2n) is 5.00. The Morgan fingerprint density at radius 1 is 1.57 bits per heavy atom. The van der Waals surface area contributed by atoms with E-state index in [9.17, 15) is 20.0 Å². The molecular weight excluding hydrogens is 298 g/mol. The summed E-state index contributed by atoms with van der Waals surface area (Å²) >= 11 is 5.71. The van der Waals surface area contributed by atoms with Gasteiger partial charge in [-0.2, -0.15) is 0 Å². The van der Waals surface area contributed by atoms with Crippen LogP contribution in [0.2, 0.25) is 5.02 Å². The number of likely N-dealkylation sites (tertiary alicyclic amines) is 1. The van der Waals surface area contributed by atoms with Gasteiger partial charge in [-0.1, -0.05) is 11.6 Å². The fraction of sp³-hybridized carbons (Fsp3) is 0.462. The average molecular weight is 314 g/mol. The van der Waals surface area contributed by atoms with Gasteiger partial charge in [-0.15, -0.1) is 0 Å². The Morgan fingerprint density at radius 2 is 2.33 bits per heavy atom. The summed E-state index contributed by atoms with van der Waals surface area (Å²) in [7, 11) is 0. The Morgan fingerprint density at radius 3 is 3.00 bits per heavy atom. The minimum Gasteiger partial charge on any atom is -0.392 e. The van der Waals surface area contributed by atoms with Gasteiger partial charge < -0.3 is 10.4 Å². The molecule has 0 aromatic heterocycles. The highest BCUT2D eigenvalue weighted by Crippen LogP contribution is 2.27. The maximum absolute atomic E-state index is 11.9. The topological polar surface area (TPSA) is 95.7 Å². The summed E-state index contributed by atoms with van der Waals surface area (Å²) in [5.74, 6) is -0.277. The molecule has 1 saturated heterocycles. The Bertz CT molecular complexity index is 552. The third kappa shape index (κ3) is 4.38. The molecule has 1 aromatic rings. The van der Waals surface area contributed by atoms with Gasteiger partial charge in [0.05, 0.1) is 17.6 Å². The van der Waals surface area contributed by atoms with Crippen LogP contribution in [0.15, 0.2) is 18.2 Å². The summed E-state index contributed by atoms with van der Waals surface area (Å²) in [6.45, 7) is 1.37. The SMILES string of the molecule is O=C(CN1CCCC(O)C1)Nc1ccc(Cl)c([N+](=O)[O-])c1. The normalized spacial score (nSPS) is 19.2. The first-order valence-electron chi connectivity index (χ1n) is 6.60. The van der Waals surface area contributed by atoms with Gasteiger partial charge in [-0.25, -0.2) is 0 Å². The Labute approximate surface area is 126 Å². The fourth-order valence-corrected chi connectivity index (χ4v) is 2.50. The van der Waals surface area contributed by atoms with Gasteiger partial charge in [0.25, 0.3) is 5.69 Å². The van der Waals surface area contributed by atoms with Crippen LogP contribution in [-0.4, -0.2) is 46.6 Å². The second kappa shape index (κ2) is 6.84. The molecule has 21 heavy (non-hydrogen) atoms. The van der Waals surface area contributed by atoms with Gasteiger partial charge in [-0.3, -0.25) is 19.8 Å². The van der Waals surface area contributed by atoms with E-state index in [1.807, 2.05) is 4.90 Å². The smallest absolute Gasteiger partial charge is 0.289 e. The number of halogens is 1. The zero-order chi connectivity index (χ0) is 15.4. The summed E-state index contributed by atoms with van der Waals surface area (Å²) < 4.78 is 0. The van der Waals surface area contributed by atoms with E-state index in [4.69, 9.17) is 11.6 Å². The maximum atomic E-state index is 11.9. The number of nitro benzene ring substituents is 1. The van der Waals surface area contributed by atoms with E-state index in [0.717, 1.165) is 19.4 Å². The van der Waals surface area contributed by atoms with Gasteiger partial charge in [-0.05, 0) is 31.5 Å². The lowest BCUT2D eigenvalue weighted by molar-refractivity contribution is -0.384. The lowest BCUT2D eigenvalue weighted by atomic mass is 10.1. The molecule has 1 unspecified atom stereocenters. The Kier molecular flexibility index (Phi) is 5.11. The van der Waals surface area contributed by atoms with E-state index < -0.39 is 11.0 Å². The average Bonchev–Trinajstić information content (AvgIpc) is 2.40. The first-order chi connectivity index (χ1) is 9.95. The monoisotopic (exact) mass is 313 g/mol. The molecule has 0 saturated carbocycles. The maximum Gasteiger partial charge on any atom is 0.289 e. The zero-order valence-corrected chi connectivity index (χ0v) is 12.0. The number of nitrogens with zero attached hydrogens (tertiary/aromatic N) is 2. The lowest BCUT2D eigenvalue weighted by Crippen LogP contribution is -2.42. The van der Waals surface area contributed by atoms with Crippen LogP contribution in [0.4, 0.5) is 11.4 Å². The number of carbonyl (C=O) groups excluding carboxylic acids is 1. The van der Waals surface area contributed by atoms with Crippen LogP contribution >= 0.6 is 11.6 Å². The number of nitrogens with one attached hydrogen (secondary N) is 1. The first kappa shape index (κ1) is 15.7. The van der Waals surface area contributed by atoms with Crippen molar-refractivity contribution in [3.05, 3.63) is 33.3 Å². The van der Waals surface area contributed by atoms with Crippen molar-refractivity contribution in [1.29, 1.82) is 0 Å². The number of hydrogen-bond acceptors (Lipinski definition) is 5. The quantitative estimate of drug-likeness (QED) is 0.651. The highest BCUT2D eigenvalue weighted by molar-refractivity contribution is 6.32. The van der Waals surface area contributed by atoms with Crippen molar-refractivity contribution in [1.82, 2.24) is 4.90 Å². The molecule has 1 fully saturated rings. The molecule has 8 heteroatoms. The second-order valence-corrected chi connectivity index (χ2v) is 5.41. The van der Waals surface area contributed by atoms with E-state index in [-0.39, 0.29) is 23.2 Å². The fourth-order valence-electron chi connectivity index (χ4n) is 2.31. The summed E-state index contributed by atoms with van der Waals surface area (Å²) in [5.41, 5.74) is 0.0801. The number of rotatable bonds is 4. The predicted molar refractivity (Wildman–Crippen MR) is 78.4 cm³/mol. The van der Waals surface area contributed by atoms with Crippen LogP contribution in [0.3, 0.4) is 0 Å². The van der Waals surface area contributed by atoms with Crippen LogP contribution in [0.25, 0.3) is 0 Å². The van der Waals surface area contributed by atoms with Crippen molar-refractivity contribution in [2.75, 3.05) is 25.0 Å².